The number of hydrogen-bond donors (Lipinski definition) is 0. The first-order valence-corrected chi connectivity index (χ1v) is 30.0. The molecule has 6 heteroatoms. The van der Waals surface area contributed by atoms with Gasteiger partial charge in [0.25, 0.3) is 0 Å². The number of unbranched alkanes of at least 4 members (excludes halogenated alkanes) is 22. The van der Waals surface area contributed by atoms with Gasteiger partial charge in [-0.2, -0.15) is 0 Å². The monoisotopic (exact) mass is 1010 g/mol. The molecule has 1 unspecified atom stereocenters. The summed E-state index contributed by atoms with van der Waals surface area (Å²) < 4.78 is 16.8. The Hall–Kier alpha value is -4.19. The van der Waals surface area contributed by atoms with Gasteiger partial charge in [-0.25, -0.2) is 0 Å². The molecule has 73 heavy (non-hydrogen) atoms. The van der Waals surface area contributed by atoms with Crippen LogP contribution in [0.1, 0.15) is 265 Å². The lowest BCUT2D eigenvalue weighted by molar-refractivity contribution is -0.167. The van der Waals surface area contributed by atoms with Crippen LogP contribution in [0.15, 0.2) is 122 Å². The number of esters is 3. The average molecular weight is 1010 g/mol. The van der Waals surface area contributed by atoms with Crippen LogP contribution in [0.2, 0.25) is 0 Å². The van der Waals surface area contributed by atoms with Crippen LogP contribution in [0, 0.1) is 0 Å². The van der Waals surface area contributed by atoms with E-state index < -0.39 is 6.10 Å². The van der Waals surface area contributed by atoms with Crippen molar-refractivity contribution in [3.63, 3.8) is 0 Å². The molecule has 0 aliphatic heterocycles. The largest absolute Gasteiger partial charge is 0.462 e. The number of allylic oxidation sites excluding steroid dienone is 20. The van der Waals surface area contributed by atoms with E-state index in [0.717, 1.165) is 122 Å². The Morgan fingerprint density at radius 3 is 0.836 bits per heavy atom. The molecular weight excluding hydrogens is 901 g/mol. The predicted molar refractivity (Wildman–Crippen MR) is 316 cm³/mol. The highest BCUT2D eigenvalue weighted by molar-refractivity contribution is 5.71. The molecule has 0 N–H and O–H groups in total. The second-order valence-corrected chi connectivity index (χ2v) is 19.5. The van der Waals surface area contributed by atoms with Crippen molar-refractivity contribution in [3.8, 4) is 0 Å². The van der Waals surface area contributed by atoms with Crippen molar-refractivity contribution in [2.75, 3.05) is 13.2 Å². The summed E-state index contributed by atoms with van der Waals surface area (Å²) in [5, 5.41) is 0. The van der Waals surface area contributed by atoms with Crippen LogP contribution in [0.25, 0.3) is 0 Å². The molecule has 0 saturated heterocycles. The summed E-state index contributed by atoms with van der Waals surface area (Å²) in [5.74, 6) is -0.939. The van der Waals surface area contributed by atoms with E-state index in [0.29, 0.717) is 19.3 Å². The number of carbonyl (C=O) groups is 3. The molecule has 0 aromatic rings. The van der Waals surface area contributed by atoms with Crippen LogP contribution in [-0.4, -0.2) is 37.2 Å². The van der Waals surface area contributed by atoms with Crippen LogP contribution in [0.4, 0.5) is 0 Å². The molecule has 0 bridgehead atoms. The minimum atomic E-state index is -0.793. The van der Waals surface area contributed by atoms with Gasteiger partial charge in [-0.05, 0) is 96.3 Å². The van der Waals surface area contributed by atoms with Gasteiger partial charge in [0.15, 0.2) is 6.10 Å². The highest BCUT2D eigenvalue weighted by Gasteiger charge is 2.19. The molecule has 0 heterocycles. The Morgan fingerprint density at radius 1 is 0.288 bits per heavy atom. The molecule has 0 radical (unpaired) electrons. The van der Waals surface area contributed by atoms with Gasteiger partial charge in [0.1, 0.15) is 13.2 Å². The lowest BCUT2D eigenvalue weighted by Gasteiger charge is -2.18. The minimum absolute atomic E-state index is 0.0905. The van der Waals surface area contributed by atoms with Crippen LogP contribution in [0.3, 0.4) is 0 Å². The maximum absolute atomic E-state index is 12.8. The van der Waals surface area contributed by atoms with E-state index in [1.807, 2.05) is 0 Å². The Balaban J connectivity index is 4.26. The van der Waals surface area contributed by atoms with E-state index in [1.54, 1.807) is 0 Å². The fraction of sp³-hybridized carbons (Fsp3) is 0.657. The van der Waals surface area contributed by atoms with Gasteiger partial charge in [-0.3, -0.25) is 14.4 Å². The van der Waals surface area contributed by atoms with Gasteiger partial charge in [0.05, 0.1) is 0 Å². The van der Waals surface area contributed by atoms with Crippen molar-refractivity contribution in [1.29, 1.82) is 0 Å². The van der Waals surface area contributed by atoms with E-state index >= 15 is 0 Å². The Labute approximate surface area is 450 Å². The lowest BCUT2D eigenvalue weighted by atomic mass is 10.0. The van der Waals surface area contributed by atoms with Crippen molar-refractivity contribution < 1.29 is 28.6 Å². The smallest absolute Gasteiger partial charge is 0.306 e. The molecule has 414 valence electrons. The number of rotatable bonds is 53. The van der Waals surface area contributed by atoms with E-state index in [4.69, 9.17) is 14.2 Å². The quantitative estimate of drug-likeness (QED) is 0.0261. The molecule has 0 aromatic heterocycles. The highest BCUT2D eigenvalue weighted by atomic mass is 16.6. The average Bonchev–Trinajstić information content (AvgIpc) is 3.39. The van der Waals surface area contributed by atoms with Crippen LogP contribution < -0.4 is 0 Å². The van der Waals surface area contributed by atoms with Crippen molar-refractivity contribution in [3.05, 3.63) is 122 Å². The van der Waals surface area contributed by atoms with Crippen molar-refractivity contribution in [2.45, 2.75) is 271 Å². The third-order valence-electron chi connectivity index (χ3n) is 12.5. The van der Waals surface area contributed by atoms with Gasteiger partial charge in [-0.15, -0.1) is 0 Å². The Bertz CT molecular complexity index is 1540. The molecule has 0 saturated carbocycles. The second kappa shape index (κ2) is 60.4. The van der Waals surface area contributed by atoms with E-state index in [9.17, 15) is 14.4 Å². The number of ether oxygens (including phenoxy) is 3. The fourth-order valence-electron chi connectivity index (χ4n) is 8.00. The summed E-state index contributed by atoms with van der Waals surface area (Å²) in [5.41, 5.74) is 0. The first-order chi connectivity index (χ1) is 36.0. The fourth-order valence-corrected chi connectivity index (χ4v) is 8.00. The second-order valence-electron chi connectivity index (χ2n) is 19.5. The zero-order valence-corrected chi connectivity index (χ0v) is 47.4. The highest BCUT2D eigenvalue weighted by Crippen LogP contribution is 2.15. The van der Waals surface area contributed by atoms with E-state index in [2.05, 4.69) is 142 Å². The zero-order valence-electron chi connectivity index (χ0n) is 47.4. The minimum Gasteiger partial charge on any atom is -0.462 e. The first kappa shape index (κ1) is 68.8. The van der Waals surface area contributed by atoms with Gasteiger partial charge in [-0.1, -0.05) is 271 Å². The molecule has 0 amide bonds. The van der Waals surface area contributed by atoms with E-state index in [1.165, 1.54) is 103 Å². The molecular formula is C67H110O6. The van der Waals surface area contributed by atoms with Crippen LogP contribution in [0.5, 0.6) is 0 Å². The van der Waals surface area contributed by atoms with Gasteiger partial charge in [0.2, 0.25) is 0 Å². The summed E-state index contributed by atoms with van der Waals surface area (Å²) in [6.45, 7) is 6.46. The summed E-state index contributed by atoms with van der Waals surface area (Å²) in [6, 6.07) is 0. The van der Waals surface area contributed by atoms with Crippen molar-refractivity contribution in [2.24, 2.45) is 0 Å². The lowest BCUT2D eigenvalue weighted by Crippen LogP contribution is -2.30. The molecule has 0 fully saturated rings. The zero-order chi connectivity index (χ0) is 52.9. The number of hydrogen-bond acceptors (Lipinski definition) is 6. The third-order valence-corrected chi connectivity index (χ3v) is 12.5. The first-order valence-electron chi connectivity index (χ1n) is 30.0. The van der Waals surface area contributed by atoms with Crippen molar-refractivity contribution in [1.82, 2.24) is 0 Å². The van der Waals surface area contributed by atoms with Gasteiger partial charge in [0, 0.05) is 19.3 Å². The molecule has 0 spiro atoms. The van der Waals surface area contributed by atoms with Crippen molar-refractivity contribution >= 4 is 17.9 Å². The Morgan fingerprint density at radius 2 is 0.534 bits per heavy atom. The predicted octanol–water partition coefficient (Wildman–Crippen LogP) is 20.4. The summed E-state index contributed by atoms with van der Waals surface area (Å²) in [4.78, 5) is 38.0. The van der Waals surface area contributed by atoms with Gasteiger partial charge >= 0.3 is 17.9 Å². The van der Waals surface area contributed by atoms with Crippen LogP contribution in [-0.2, 0) is 28.6 Å². The van der Waals surface area contributed by atoms with Gasteiger partial charge < -0.3 is 14.2 Å². The molecule has 1 atom stereocenters. The summed E-state index contributed by atoms with van der Waals surface area (Å²) in [6.07, 6.45) is 83.6. The van der Waals surface area contributed by atoms with Crippen LogP contribution >= 0.6 is 0 Å². The summed E-state index contributed by atoms with van der Waals surface area (Å²) >= 11 is 0. The molecule has 0 aromatic carbocycles. The molecule has 0 aliphatic rings. The molecule has 6 nitrogen and oxygen atoms in total. The maximum atomic E-state index is 12.8. The SMILES string of the molecule is CC/C=C\C/C=C\C/C=C\C/C=C\C/C=C\C/C=C\C/C=C\C/C=C\C/C=C\C/C=C\CCCCC(=O)OCC(COC(=O)CCCCCCCCCC)OC(=O)CCCCCCCCCCCCCCCC. The topological polar surface area (TPSA) is 78.9 Å². The Kier molecular flexibility index (Phi) is 56.9. The normalized spacial score (nSPS) is 13.0. The molecule has 0 aliphatic carbocycles. The summed E-state index contributed by atoms with van der Waals surface area (Å²) in [7, 11) is 0. The number of carbonyl (C=O) groups excluding carboxylic acids is 3. The third kappa shape index (κ3) is 58.6. The van der Waals surface area contributed by atoms with E-state index in [-0.39, 0.29) is 31.1 Å². The molecule has 0 rings (SSSR count). The standard InChI is InChI=1S/C67H110O6/c1-4-7-10-13-16-19-21-23-25-26-27-28-29-30-31-32-33-34-35-36-37-38-39-40-41-42-43-45-46-48-51-54-57-60-66(69)72-63-64(62-71-65(68)59-56-53-50-18-15-12-9-6-3)73-67(70)61-58-55-52-49-47-44-24-22-20-17-14-11-8-5-2/h7,10,16,19,23,25,27-28,30-31,33-34,36-37,39-40,42-43,46,48,64H,4-6,8-9,11-15,17-18,20-22,24,26,29,32,35,38,41,44-45,47,49-63H2,1-3H3/b10-7-,19-16-,25-23-,28-27-,31-30-,34-33-,37-36-,40-39-,43-42-,48-46-. The maximum Gasteiger partial charge on any atom is 0.306 e.